The molecule has 0 radical (unpaired) electrons. The highest BCUT2D eigenvalue weighted by atomic mass is 16.3. The zero-order chi connectivity index (χ0) is 18.4. The van der Waals surface area contributed by atoms with Crippen LogP contribution in [-0.4, -0.2) is 16.8 Å². The first-order chi connectivity index (χ1) is 12.7. The Morgan fingerprint density at radius 1 is 1.12 bits per heavy atom. The maximum absolute atomic E-state index is 12.3. The zero-order valence-corrected chi connectivity index (χ0v) is 13.6. The highest BCUT2D eigenvalue weighted by molar-refractivity contribution is 6.04. The lowest BCUT2D eigenvalue weighted by atomic mass is 10.2. The number of hydrogen-bond acceptors (Lipinski definition) is 5. The third-order valence-corrected chi connectivity index (χ3v) is 3.53. The van der Waals surface area contributed by atoms with Gasteiger partial charge in [-0.15, -0.1) is 0 Å². The van der Waals surface area contributed by atoms with E-state index in [-0.39, 0.29) is 18.1 Å². The van der Waals surface area contributed by atoms with Crippen molar-refractivity contribution >= 4 is 17.5 Å². The number of rotatable bonds is 5. The number of pyridine rings is 1. The first-order valence-electron chi connectivity index (χ1n) is 7.74. The van der Waals surface area contributed by atoms with Crippen LogP contribution >= 0.6 is 0 Å². The Balaban J connectivity index is 1.66. The summed E-state index contributed by atoms with van der Waals surface area (Å²) < 4.78 is 5.15. The molecule has 3 rings (SSSR count). The van der Waals surface area contributed by atoms with Crippen molar-refractivity contribution in [3.05, 3.63) is 83.6 Å². The summed E-state index contributed by atoms with van der Waals surface area (Å²) in [4.78, 5) is 28.5. The highest BCUT2D eigenvalue weighted by Gasteiger charge is 2.12. The molecule has 0 saturated carbocycles. The standard InChI is InChI=1S/C19H14N4O3/c20-11-13-3-5-15(6-4-13)23-19(25)17-10-14(7-8-21-17)18(24)22-12-16-2-1-9-26-16/h1-10H,12H2,(H,22,24)(H,23,25). The van der Waals surface area contributed by atoms with Crippen molar-refractivity contribution in [2.45, 2.75) is 6.54 Å². The Kier molecular flexibility index (Phi) is 5.05. The Morgan fingerprint density at radius 3 is 2.62 bits per heavy atom. The van der Waals surface area contributed by atoms with Crippen molar-refractivity contribution in [3.63, 3.8) is 0 Å². The molecule has 1 aromatic carbocycles. The molecule has 2 amide bonds. The van der Waals surface area contributed by atoms with Gasteiger partial charge in [-0.05, 0) is 48.5 Å². The summed E-state index contributed by atoms with van der Waals surface area (Å²) in [5.41, 5.74) is 1.45. The van der Waals surface area contributed by atoms with Crippen LogP contribution in [0.4, 0.5) is 5.69 Å². The van der Waals surface area contributed by atoms with E-state index in [4.69, 9.17) is 9.68 Å². The maximum atomic E-state index is 12.3. The molecule has 2 aromatic heterocycles. The van der Waals surface area contributed by atoms with E-state index in [1.165, 1.54) is 24.6 Å². The molecule has 0 spiro atoms. The molecule has 0 saturated heterocycles. The SMILES string of the molecule is N#Cc1ccc(NC(=O)c2cc(C(=O)NCc3ccco3)ccn2)cc1. The molecule has 0 aliphatic heterocycles. The van der Waals surface area contributed by atoms with Gasteiger partial charge in [0.2, 0.25) is 0 Å². The number of nitriles is 1. The number of aromatic nitrogens is 1. The topological polar surface area (TPSA) is 108 Å². The first kappa shape index (κ1) is 16.9. The van der Waals surface area contributed by atoms with Gasteiger partial charge in [-0.2, -0.15) is 5.26 Å². The highest BCUT2D eigenvalue weighted by Crippen LogP contribution is 2.11. The lowest BCUT2D eigenvalue weighted by Crippen LogP contribution is -2.23. The van der Waals surface area contributed by atoms with Crippen molar-refractivity contribution < 1.29 is 14.0 Å². The minimum absolute atomic E-state index is 0.111. The predicted molar refractivity (Wildman–Crippen MR) is 93.2 cm³/mol. The first-order valence-corrected chi connectivity index (χ1v) is 7.74. The van der Waals surface area contributed by atoms with Gasteiger partial charge >= 0.3 is 0 Å². The van der Waals surface area contributed by atoms with E-state index in [1.807, 2.05) is 6.07 Å². The fraction of sp³-hybridized carbons (Fsp3) is 0.0526. The number of carbonyl (C=O) groups is 2. The van der Waals surface area contributed by atoms with Crippen molar-refractivity contribution in [1.29, 1.82) is 5.26 Å². The van der Waals surface area contributed by atoms with Gasteiger partial charge in [-0.1, -0.05) is 0 Å². The predicted octanol–water partition coefficient (Wildman–Crippen LogP) is 2.73. The number of nitrogens with one attached hydrogen (secondary N) is 2. The third-order valence-electron chi connectivity index (χ3n) is 3.53. The second-order valence-corrected chi connectivity index (χ2v) is 5.34. The quantitative estimate of drug-likeness (QED) is 0.738. The summed E-state index contributed by atoms with van der Waals surface area (Å²) in [6, 6.07) is 14.9. The third kappa shape index (κ3) is 4.13. The molecule has 0 atom stereocenters. The molecule has 2 N–H and O–H groups in total. The Morgan fingerprint density at radius 2 is 1.92 bits per heavy atom. The summed E-state index contributed by atoms with van der Waals surface area (Å²) in [5.74, 6) is -0.155. The fourth-order valence-electron chi connectivity index (χ4n) is 2.20. The van der Waals surface area contributed by atoms with Gasteiger partial charge in [-0.25, -0.2) is 0 Å². The number of anilines is 1. The van der Waals surface area contributed by atoms with Gasteiger partial charge in [0.25, 0.3) is 11.8 Å². The number of hydrogen-bond donors (Lipinski definition) is 2. The summed E-state index contributed by atoms with van der Waals surface area (Å²) in [7, 11) is 0. The molecule has 3 aromatic rings. The van der Waals surface area contributed by atoms with E-state index in [2.05, 4.69) is 15.6 Å². The Bertz CT molecular complexity index is 957. The van der Waals surface area contributed by atoms with Gasteiger partial charge in [0, 0.05) is 17.4 Å². The Hall–Kier alpha value is -3.92. The number of nitrogens with zero attached hydrogens (tertiary/aromatic N) is 2. The van der Waals surface area contributed by atoms with E-state index in [1.54, 1.807) is 36.4 Å². The van der Waals surface area contributed by atoms with Crippen LogP contribution in [0.2, 0.25) is 0 Å². The van der Waals surface area contributed by atoms with Crippen LogP contribution in [0.1, 0.15) is 32.2 Å². The molecule has 0 aliphatic rings. The lowest BCUT2D eigenvalue weighted by molar-refractivity contribution is 0.0948. The van der Waals surface area contributed by atoms with Gasteiger partial charge in [0.15, 0.2) is 0 Å². The molecular formula is C19H14N4O3. The molecule has 26 heavy (non-hydrogen) atoms. The second kappa shape index (κ2) is 7.77. The summed E-state index contributed by atoms with van der Waals surface area (Å²) in [6.07, 6.45) is 2.93. The smallest absolute Gasteiger partial charge is 0.274 e. The fourth-order valence-corrected chi connectivity index (χ4v) is 2.20. The van der Waals surface area contributed by atoms with E-state index in [0.29, 0.717) is 22.6 Å². The van der Waals surface area contributed by atoms with Crippen molar-refractivity contribution in [2.75, 3.05) is 5.32 Å². The van der Waals surface area contributed by atoms with Crippen LogP contribution in [-0.2, 0) is 6.54 Å². The number of carbonyl (C=O) groups excluding carboxylic acids is 2. The molecule has 7 nitrogen and oxygen atoms in total. The molecule has 128 valence electrons. The normalized spacial score (nSPS) is 9.96. The lowest BCUT2D eigenvalue weighted by Gasteiger charge is -2.07. The van der Waals surface area contributed by atoms with E-state index in [0.717, 1.165) is 0 Å². The van der Waals surface area contributed by atoms with Crippen LogP contribution in [0.25, 0.3) is 0 Å². The van der Waals surface area contributed by atoms with Crippen molar-refractivity contribution in [2.24, 2.45) is 0 Å². The monoisotopic (exact) mass is 346 g/mol. The van der Waals surface area contributed by atoms with Gasteiger partial charge < -0.3 is 15.1 Å². The molecule has 0 unspecified atom stereocenters. The van der Waals surface area contributed by atoms with Gasteiger partial charge in [0.05, 0.1) is 24.4 Å². The molecule has 0 fully saturated rings. The van der Waals surface area contributed by atoms with Crippen molar-refractivity contribution in [3.8, 4) is 6.07 Å². The van der Waals surface area contributed by atoms with Crippen LogP contribution in [0.3, 0.4) is 0 Å². The Labute approximate surface area is 149 Å². The summed E-state index contributed by atoms with van der Waals surface area (Å²) in [6.45, 7) is 0.251. The van der Waals surface area contributed by atoms with Crippen LogP contribution in [0.15, 0.2) is 65.4 Å². The minimum Gasteiger partial charge on any atom is -0.467 e. The van der Waals surface area contributed by atoms with Crippen molar-refractivity contribution in [1.82, 2.24) is 10.3 Å². The largest absolute Gasteiger partial charge is 0.467 e. The van der Waals surface area contributed by atoms with E-state index in [9.17, 15) is 9.59 Å². The maximum Gasteiger partial charge on any atom is 0.274 e. The van der Waals surface area contributed by atoms with Crippen LogP contribution < -0.4 is 10.6 Å². The molecule has 7 heteroatoms. The summed E-state index contributed by atoms with van der Waals surface area (Å²) >= 11 is 0. The van der Waals surface area contributed by atoms with Crippen LogP contribution in [0.5, 0.6) is 0 Å². The number of amides is 2. The zero-order valence-electron chi connectivity index (χ0n) is 13.6. The minimum atomic E-state index is -0.449. The molecule has 0 bridgehead atoms. The van der Waals surface area contributed by atoms with Crippen LogP contribution in [0, 0.1) is 11.3 Å². The van der Waals surface area contributed by atoms with Gasteiger partial charge in [0.1, 0.15) is 11.5 Å². The van der Waals surface area contributed by atoms with Gasteiger partial charge in [-0.3, -0.25) is 14.6 Å². The van der Waals surface area contributed by atoms with E-state index >= 15 is 0 Å². The molecule has 2 heterocycles. The number of benzene rings is 1. The molecule has 0 aliphatic carbocycles. The molecular weight excluding hydrogens is 332 g/mol. The average Bonchev–Trinajstić information content (AvgIpc) is 3.20. The average molecular weight is 346 g/mol. The second-order valence-electron chi connectivity index (χ2n) is 5.34. The number of furan rings is 1. The van der Waals surface area contributed by atoms with E-state index < -0.39 is 5.91 Å². The summed E-state index contributed by atoms with van der Waals surface area (Å²) in [5, 5.41) is 14.2.